The number of aromatic nitrogens is 2. The van der Waals surface area contributed by atoms with Gasteiger partial charge in [0.15, 0.2) is 0 Å². The summed E-state index contributed by atoms with van der Waals surface area (Å²) in [4.78, 5) is 0. The lowest BCUT2D eigenvalue weighted by Crippen LogP contribution is -1.88. The molecule has 0 aromatic carbocycles. The number of anilines is 1. The van der Waals surface area contributed by atoms with Crippen LogP contribution >= 0.6 is 0 Å². The Morgan fingerprint density at radius 2 is 2.25 bits per heavy atom. The van der Waals surface area contributed by atoms with Crippen LogP contribution in [-0.2, 0) is 0 Å². The standard InChI is InChI=1S/C9H11N3/c1-7-9(10-2)8-5-3-4-6-12(8)11-7/h3-6,10H,1-2H3. The predicted molar refractivity (Wildman–Crippen MR) is 49.5 cm³/mol. The quantitative estimate of drug-likeness (QED) is 0.689. The minimum Gasteiger partial charge on any atom is -0.385 e. The van der Waals surface area contributed by atoms with Crippen molar-refractivity contribution in [1.29, 1.82) is 0 Å². The second-order valence-electron chi connectivity index (χ2n) is 2.74. The van der Waals surface area contributed by atoms with Crippen LogP contribution in [0, 0.1) is 6.92 Å². The van der Waals surface area contributed by atoms with Gasteiger partial charge in [0.05, 0.1) is 16.9 Å². The van der Waals surface area contributed by atoms with Gasteiger partial charge in [0.1, 0.15) is 0 Å². The first kappa shape index (κ1) is 7.16. The Hall–Kier alpha value is -1.51. The van der Waals surface area contributed by atoms with Crippen molar-refractivity contribution in [3.63, 3.8) is 0 Å². The van der Waals surface area contributed by atoms with Gasteiger partial charge in [-0.1, -0.05) is 6.07 Å². The summed E-state index contributed by atoms with van der Waals surface area (Å²) in [5.74, 6) is 0. The summed E-state index contributed by atoms with van der Waals surface area (Å²) in [5, 5.41) is 7.47. The normalized spacial score (nSPS) is 10.5. The zero-order chi connectivity index (χ0) is 8.55. The van der Waals surface area contributed by atoms with Crippen molar-refractivity contribution in [3.05, 3.63) is 30.1 Å². The summed E-state index contributed by atoms with van der Waals surface area (Å²) in [6, 6.07) is 6.03. The topological polar surface area (TPSA) is 29.3 Å². The molecule has 62 valence electrons. The van der Waals surface area contributed by atoms with Gasteiger partial charge in [0.25, 0.3) is 0 Å². The molecule has 0 bridgehead atoms. The maximum Gasteiger partial charge on any atom is 0.0896 e. The van der Waals surface area contributed by atoms with Gasteiger partial charge in [-0.15, -0.1) is 0 Å². The number of pyridine rings is 1. The fraction of sp³-hybridized carbons (Fsp3) is 0.222. The van der Waals surface area contributed by atoms with Crippen LogP contribution in [0.4, 0.5) is 5.69 Å². The summed E-state index contributed by atoms with van der Waals surface area (Å²) in [6.45, 7) is 2.00. The van der Waals surface area contributed by atoms with E-state index in [0.717, 1.165) is 16.9 Å². The molecule has 0 aliphatic carbocycles. The van der Waals surface area contributed by atoms with E-state index in [2.05, 4.69) is 10.4 Å². The highest BCUT2D eigenvalue weighted by molar-refractivity contribution is 5.73. The Labute approximate surface area is 71.0 Å². The fourth-order valence-electron chi connectivity index (χ4n) is 1.43. The van der Waals surface area contributed by atoms with Crippen LogP contribution < -0.4 is 5.32 Å². The summed E-state index contributed by atoms with van der Waals surface area (Å²) < 4.78 is 1.88. The molecule has 0 aliphatic rings. The van der Waals surface area contributed by atoms with Crippen molar-refractivity contribution in [2.75, 3.05) is 12.4 Å². The average molecular weight is 161 g/mol. The van der Waals surface area contributed by atoms with Gasteiger partial charge in [0.2, 0.25) is 0 Å². The SMILES string of the molecule is CNc1c(C)nn2ccccc12. The van der Waals surface area contributed by atoms with Crippen molar-refractivity contribution in [2.45, 2.75) is 6.92 Å². The van der Waals surface area contributed by atoms with Crippen LogP contribution in [0.3, 0.4) is 0 Å². The van der Waals surface area contributed by atoms with E-state index < -0.39 is 0 Å². The molecule has 1 N–H and O–H groups in total. The number of rotatable bonds is 1. The Morgan fingerprint density at radius 3 is 3.00 bits per heavy atom. The predicted octanol–water partition coefficient (Wildman–Crippen LogP) is 1.68. The lowest BCUT2D eigenvalue weighted by molar-refractivity contribution is 0.934. The Kier molecular flexibility index (Phi) is 1.50. The molecule has 0 atom stereocenters. The Morgan fingerprint density at radius 1 is 1.42 bits per heavy atom. The molecule has 0 saturated carbocycles. The first-order valence-electron chi connectivity index (χ1n) is 3.94. The highest BCUT2D eigenvalue weighted by Crippen LogP contribution is 2.19. The van der Waals surface area contributed by atoms with Gasteiger partial charge in [-0.2, -0.15) is 5.10 Å². The third-order valence-electron chi connectivity index (χ3n) is 1.96. The van der Waals surface area contributed by atoms with Gasteiger partial charge in [0, 0.05) is 13.2 Å². The monoisotopic (exact) mass is 161 g/mol. The van der Waals surface area contributed by atoms with Crippen molar-refractivity contribution >= 4 is 11.2 Å². The second kappa shape index (κ2) is 2.52. The van der Waals surface area contributed by atoms with E-state index in [1.807, 2.05) is 42.9 Å². The van der Waals surface area contributed by atoms with Gasteiger partial charge in [-0.3, -0.25) is 0 Å². The molecule has 2 rings (SSSR count). The second-order valence-corrected chi connectivity index (χ2v) is 2.74. The molecule has 2 aromatic rings. The largest absolute Gasteiger partial charge is 0.385 e. The first-order valence-corrected chi connectivity index (χ1v) is 3.94. The molecule has 0 aliphatic heterocycles. The van der Waals surface area contributed by atoms with E-state index in [9.17, 15) is 0 Å². The van der Waals surface area contributed by atoms with Crippen molar-refractivity contribution in [1.82, 2.24) is 9.61 Å². The molecule has 0 radical (unpaired) electrons. The zero-order valence-electron chi connectivity index (χ0n) is 7.20. The van der Waals surface area contributed by atoms with Crippen LogP contribution in [0.1, 0.15) is 5.69 Å². The number of nitrogens with one attached hydrogen (secondary N) is 1. The molecule has 0 amide bonds. The summed E-state index contributed by atoms with van der Waals surface area (Å²) in [6.07, 6.45) is 1.95. The smallest absolute Gasteiger partial charge is 0.0896 e. The number of nitrogens with zero attached hydrogens (tertiary/aromatic N) is 2. The molecule has 3 heteroatoms. The zero-order valence-corrected chi connectivity index (χ0v) is 7.20. The lowest BCUT2D eigenvalue weighted by Gasteiger charge is -1.96. The number of fused-ring (bicyclic) bond motifs is 1. The first-order chi connectivity index (χ1) is 5.83. The van der Waals surface area contributed by atoms with Crippen LogP contribution in [-0.4, -0.2) is 16.7 Å². The molecule has 0 saturated heterocycles. The van der Waals surface area contributed by atoms with E-state index in [-0.39, 0.29) is 0 Å². The fourth-order valence-corrected chi connectivity index (χ4v) is 1.43. The third kappa shape index (κ3) is 0.863. The molecule has 12 heavy (non-hydrogen) atoms. The van der Waals surface area contributed by atoms with Gasteiger partial charge < -0.3 is 5.32 Å². The lowest BCUT2D eigenvalue weighted by atomic mass is 10.3. The van der Waals surface area contributed by atoms with Crippen molar-refractivity contribution in [3.8, 4) is 0 Å². The maximum absolute atomic E-state index is 4.34. The van der Waals surface area contributed by atoms with E-state index in [0.29, 0.717) is 0 Å². The molecule has 3 nitrogen and oxygen atoms in total. The third-order valence-corrected chi connectivity index (χ3v) is 1.96. The van der Waals surface area contributed by atoms with E-state index in [4.69, 9.17) is 0 Å². The van der Waals surface area contributed by atoms with Crippen molar-refractivity contribution in [2.24, 2.45) is 0 Å². The molecule has 2 aromatic heterocycles. The average Bonchev–Trinajstić information content (AvgIpc) is 2.40. The minimum atomic E-state index is 1.03. The van der Waals surface area contributed by atoms with E-state index in [1.54, 1.807) is 0 Å². The molecular weight excluding hydrogens is 150 g/mol. The van der Waals surface area contributed by atoms with Crippen molar-refractivity contribution < 1.29 is 0 Å². The number of hydrogen-bond acceptors (Lipinski definition) is 2. The summed E-state index contributed by atoms with van der Waals surface area (Å²) in [5.41, 5.74) is 3.26. The van der Waals surface area contributed by atoms with Gasteiger partial charge in [-0.05, 0) is 19.1 Å². The number of hydrogen-bond donors (Lipinski definition) is 1. The highest BCUT2D eigenvalue weighted by atomic mass is 15.2. The molecule has 0 spiro atoms. The van der Waals surface area contributed by atoms with Gasteiger partial charge in [-0.25, -0.2) is 4.52 Å². The maximum atomic E-state index is 4.34. The molecular formula is C9H11N3. The number of aryl methyl sites for hydroxylation is 1. The van der Waals surface area contributed by atoms with E-state index >= 15 is 0 Å². The summed E-state index contributed by atoms with van der Waals surface area (Å²) in [7, 11) is 1.91. The Balaban J connectivity index is 2.81. The van der Waals surface area contributed by atoms with Crippen LogP contribution in [0.2, 0.25) is 0 Å². The van der Waals surface area contributed by atoms with Crippen LogP contribution in [0.15, 0.2) is 24.4 Å². The molecule has 2 heterocycles. The van der Waals surface area contributed by atoms with Gasteiger partial charge >= 0.3 is 0 Å². The Bertz CT molecular complexity index is 403. The highest BCUT2D eigenvalue weighted by Gasteiger charge is 2.04. The molecule has 0 fully saturated rings. The van der Waals surface area contributed by atoms with Crippen LogP contribution in [0.25, 0.3) is 5.52 Å². The summed E-state index contributed by atoms with van der Waals surface area (Å²) >= 11 is 0. The van der Waals surface area contributed by atoms with E-state index in [1.165, 1.54) is 0 Å². The minimum absolute atomic E-state index is 1.03. The molecule has 0 unspecified atom stereocenters. The van der Waals surface area contributed by atoms with Crippen LogP contribution in [0.5, 0.6) is 0 Å².